The van der Waals surface area contributed by atoms with Crippen LogP contribution in [-0.2, 0) is 0 Å². The molecule has 1 aliphatic heterocycles. The zero-order valence-electron chi connectivity index (χ0n) is 10.1. The fraction of sp³-hybridized carbons (Fsp3) is 1.00. The first-order chi connectivity index (χ1) is 6.72. The normalized spacial score (nSPS) is 23.6. The molecule has 0 radical (unpaired) electrons. The molecule has 1 fully saturated rings. The molecule has 1 unspecified atom stereocenters. The number of hydrogen-bond donors (Lipinski definition) is 1. The minimum Gasteiger partial charge on any atom is -0.316 e. The Balaban J connectivity index is 1.97. The molecule has 2 nitrogen and oxygen atoms in total. The van der Waals surface area contributed by atoms with E-state index < -0.39 is 0 Å². The van der Waals surface area contributed by atoms with Gasteiger partial charge in [-0.1, -0.05) is 20.8 Å². The Kier molecular flexibility index (Phi) is 5.49. The van der Waals surface area contributed by atoms with Crippen LogP contribution in [0, 0.1) is 11.8 Å². The van der Waals surface area contributed by atoms with Crippen LogP contribution in [-0.4, -0.2) is 37.6 Å². The molecule has 1 heterocycles. The molecule has 14 heavy (non-hydrogen) atoms. The van der Waals surface area contributed by atoms with Gasteiger partial charge in [-0.3, -0.25) is 0 Å². The van der Waals surface area contributed by atoms with Gasteiger partial charge < -0.3 is 10.2 Å². The summed E-state index contributed by atoms with van der Waals surface area (Å²) in [5, 5.41) is 3.58. The zero-order chi connectivity index (χ0) is 10.4. The van der Waals surface area contributed by atoms with E-state index in [-0.39, 0.29) is 0 Å². The summed E-state index contributed by atoms with van der Waals surface area (Å²) in [6, 6.07) is 0. The summed E-state index contributed by atoms with van der Waals surface area (Å²) in [5.74, 6) is 1.74. The van der Waals surface area contributed by atoms with Gasteiger partial charge in [0.2, 0.25) is 0 Å². The monoisotopic (exact) mass is 198 g/mol. The second kappa shape index (κ2) is 6.41. The molecule has 0 aromatic carbocycles. The van der Waals surface area contributed by atoms with E-state index in [9.17, 15) is 0 Å². The van der Waals surface area contributed by atoms with Gasteiger partial charge in [-0.2, -0.15) is 0 Å². The molecule has 0 saturated carbocycles. The van der Waals surface area contributed by atoms with E-state index in [1.165, 1.54) is 45.6 Å². The van der Waals surface area contributed by atoms with Crippen LogP contribution in [0.5, 0.6) is 0 Å². The van der Waals surface area contributed by atoms with Crippen LogP contribution in [0.3, 0.4) is 0 Å². The first-order valence-electron chi connectivity index (χ1n) is 6.15. The first-order valence-corrected chi connectivity index (χ1v) is 6.15. The van der Waals surface area contributed by atoms with Crippen LogP contribution in [0.4, 0.5) is 0 Å². The Morgan fingerprint density at radius 3 is 2.79 bits per heavy atom. The van der Waals surface area contributed by atoms with Gasteiger partial charge in [0, 0.05) is 6.54 Å². The third kappa shape index (κ3) is 4.43. The second-order valence-corrected chi connectivity index (χ2v) is 4.93. The average molecular weight is 198 g/mol. The second-order valence-electron chi connectivity index (χ2n) is 4.93. The van der Waals surface area contributed by atoms with Gasteiger partial charge in [-0.25, -0.2) is 0 Å². The molecule has 1 saturated heterocycles. The lowest BCUT2D eigenvalue weighted by Gasteiger charge is -2.14. The lowest BCUT2D eigenvalue weighted by atomic mass is 10.1. The summed E-state index contributed by atoms with van der Waals surface area (Å²) < 4.78 is 0. The van der Waals surface area contributed by atoms with Crippen molar-refractivity contribution in [1.82, 2.24) is 10.2 Å². The third-order valence-electron chi connectivity index (χ3n) is 3.15. The van der Waals surface area contributed by atoms with Gasteiger partial charge in [0.15, 0.2) is 0 Å². The first kappa shape index (κ1) is 12.0. The lowest BCUT2D eigenvalue weighted by molar-refractivity contribution is 0.338. The maximum atomic E-state index is 3.58. The Morgan fingerprint density at radius 1 is 1.43 bits per heavy atom. The Bertz CT molecular complexity index is 145. The van der Waals surface area contributed by atoms with Crippen molar-refractivity contribution in [3.8, 4) is 0 Å². The van der Waals surface area contributed by atoms with Crippen molar-refractivity contribution in [2.24, 2.45) is 11.8 Å². The van der Waals surface area contributed by atoms with E-state index >= 15 is 0 Å². The van der Waals surface area contributed by atoms with Gasteiger partial charge in [-0.15, -0.1) is 0 Å². The van der Waals surface area contributed by atoms with Crippen molar-refractivity contribution in [2.75, 3.05) is 32.7 Å². The third-order valence-corrected chi connectivity index (χ3v) is 3.15. The molecule has 1 rings (SSSR count). The Morgan fingerprint density at radius 2 is 2.21 bits per heavy atom. The number of nitrogens with zero attached hydrogens (tertiary/aromatic N) is 1. The molecular weight excluding hydrogens is 172 g/mol. The maximum absolute atomic E-state index is 3.58. The maximum Gasteiger partial charge on any atom is 0.00222 e. The SMILES string of the molecule is CCN1CCC(CNCCC(C)C)C1. The van der Waals surface area contributed by atoms with Gasteiger partial charge in [0.05, 0.1) is 0 Å². The molecule has 1 aliphatic rings. The summed E-state index contributed by atoms with van der Waals surface area (Å²) in [6.45, 7) is 13.1. The summed E-state index contributed by atoms with van der Waals surface area (Å²) >= 11 is 0. The van der Waals surface area contributed by atoms with Crippen LogP contribution in [0.2, 0.25) is 0 Å². The van der Waals surface area contributed by atoms with Crippen LogP contribution < -0.4 is 5.32 Å². The minimum atomic E-state index is 0.832. The lowest BCUT2D eigenvalue weighted by Crippen LogP contribution is -2.27. The van der Waals surface area contributed by atoms with Crippen molar-refractivity contribution < 1.29 is 0 Å². The van der Waals surface area contributed by atoms with Gasteiger partial charge in [0.25, 0.3) is 0 Å². The van der Waals surface area contributed by atoms with E-state index in [4.69, 9.17) is 0 Å². The smallest absolute Gasteiger partial charge is 0.00222 e. The summed E-state index contributed by atoms with van der Waals surface area (Å²) in [5.41, 5.74) is 0. The standard InChI is InChI=1S/C12H26N2/c1-4-14-8-6-12(10-14)9-13-7-5-11(2)3/h11-13H,4-10H2,1-3H3. The Hall–Kier alpha value is -0.0800. The molecule has 0 aliphatic carbocycles. The van der Waals surface area contributed by atoms with Gasteiger partial charge in [0.1, 0.15) is 0 Å². The van der Waals surface area contributed by atoms with Crippen molar-refractivity contribution >= 4 is 0 Å². The highest BCUT2D eigenvalue weighted by atomic mass is 15.1. The molecule has 0 spiro atoms. The average Bonchev–Trinajstić information content (AvgIpc) is 2.60. The van der Waals surface area contributed by atoms with Crippen molar-refractivity contribution in [3.63, 3.8) is 0 Å². The fourth-order valence-electron chi connectivity index (χ4n) is 2.06. The number of likely N-dealkylation sites (tertiary alicyclic amines) is 1. The fourth-order valence-corrected chi connectivity index (χ4v) is 2.06. The van der Waals surface area contributed by atoms with Crippen LogP contribution in [0.25, 0.3) is 0 Å². The summed E-state index contributed by atoms with van der Waals surface area (Å²) in [6.07, 6.45) is 2.70. The predicted molar refractivity (Wildman–Crippen MR) is 62.5 cm³/mol. The van der Waals surface area contributed by atoms with E-state index in [1.807, 2.05) is 0 Å². The van der Waals surface area contributed by atoms with Crippen LogP contribution in [0.15, 0.2) is 0 Å². The van der Waals surface area contributed by atoms with E-state index in [0.717, 1.165) is 11.8 Å². The van der Waals surface area contributed by atoms with Crippen molar-refractivity contribution in [1.29, 1.82) is 0 Å². The topological polar surface area (TPSA) is 15.3 Å². The largest absolute Gasteiger partial charge is 0.316 e. The van der Waals surface area contributed by atoms with Crippen molar-refractivity contribution in [3.05, 3.63) is 0 Å². The van der Waals surface area contributed by atoms with E-state index in [0.29, 0.717) is 0 Å². The highest BCUT2D eigenvalue weighted by Gasteiger charge is 2.20. The van der Waals surface area contributed by atoms with Crippen LogP contribution in [0.1, 0.15) is 33.6 Å². The summed E-state index contributed by atoms with van der Waals surface area (Å²) in [4.78, 5) is 2.55. The minimum absolute atomic E-state index is 0.832. The molecule has 0 bridgehead atoms. The molecule has 0 amide bonds. The Labute approximate surface area is 89.1 Å². The zero-order valence-corrected chi connectivity index (χ0v) is 10.1. The van der Waals surface area contributed by atoms with Crippen LogP contribution >= 0.6 is 0 Å². The molecule has 0 aromatic heterocycles. The predicted octanol–water partition coefficient (Wildman–Crippen LogP) is 1.96. The number of rotatable bonds is 6. The highest BCUT2D eigenvalue weighted by Crippen LogP contribution is 2.14. The molecule has 1 N–H and O–H groups in total. The molecular formula is C12H26N2. The van der Waals surface area contributed by atoms with Crippen molar-refractivity contribution in [2.45, 2.75) is 33.6 Å². The number of nitrogens with one attached hydrogen (secondary N) is 1. The molecule has 1 atom stereocenters. The highest BCUT2D eigenvalue weighted by molar-refractivity contribution is 4.76. The molecule has 0 aromatic rings. The summed E-state index contributed by atoms with van der Waals surface area (Å²) in [7, 11) is 0. The van der Waals surface area contributed by atoms with Gasteiger partial charge in [-0.05, 0) is 50.9 Å². The van der Waals surface area contributed by atoms with E-state index in [1.54, 1.807) is 0 Å². The molecule has 2 heteroatoms. The molecule has 84 valence electrons. The number of hydrogen-bond acceptors (Lipinski definition) is 2. The van der Waals surface area contributed by atoms with E-state index in [2.05, 4.69) is 31.0 Å². The van der Waals surface area contributed by atoms with Gasteiger partial charge >= 0.3 is 0 Å². The quantitative estimate of drug-likeness (QED) is 0.656.